The first-order valence-corrected chi connectivity index (χ1v) is 6.96. The Morgan fingerprint density at radius 1 is 1.05 bits per heavy atom. The average molecular weight is 300 g/mol. The maximum atomic E-state index is 12.3. The molecule has 1 heterocycles. The highest BCUT2D eigenvalue weighted by molar-refractivity contribution is 6.31. The lowest BCUT2D eigenvalue weighted by Gasteiger charge is -2.09. The molecular formula is C17H14ClNO2. The second-order valence-corrected chi connectivity index (χ2v) is 5.68. The van der Waals surface area contributed by atoms with E-state index in [1.54, 1.807) is 18.2 Å². The Labute approximate surface area is 126 Å². The van der Waals surface area contributed by atoms with E-state index in [9.17, 15) is 9.90 Å². The van der Waals surface area contributed by atoms with Crippen LogP contribution in [0.3, 0.4) is 0 Å². The third kappa shape index (κ3) is 2.41. The van der Waals surface area contributed by atoms with Gasteiger partial charge in [-0.3, -0.25) is 4.79 Å². The summed E-state index contributed by atoms with van der Waals surface area (Å²) in [5.74, 6) is -0.0181. The lowest BCUT2D eigenvalue weighted by molar-refractivity contribution is 0.482. The van der Waals surface area contributed by atoms with Gasteiger partial charge in [0.2, 0.25) is 0 Å². The minimum absolute atomic E-state index is 0.0181. The van der Waals surface area contributed by atoms with E-state index in [0.717, 1.165) is 11.1 Å². The molecule has 0 atom stereocenters. The number of H-pyrrole nitrogens is 1. The fourth-order valence-corrected chi connectivity index (χ4v) is 2.81. The summed E-state index contributed by atoms with van der Waals surface area (Å²) in [6.45, 7) is 3.92. The largest absolute Gasteiger partial charge is 0.506 e. The molecular weight excluding hydrogens is 286 g/mol. The van der Waals surface area contributed by atoms with Crippen LogP contribution in [-0.2, 0) is 0 Å². The predicted molar refractivity (Wildman–Crippen MR) is 86.2 cm³/mol. The Morgan fingerprint density at radius 2 is 1.71 bits per heavy atom. The summed E-state index contributed by atoms with van der Waals surface area (Å²) in [6, 6.07) is 10.8. The van der Waals surface area contributed by atoms with Crippen molar-refractivity contribution in [2.45, 2.75) is 13.8 Å². The highest BCUT2D eigenvalue weighted by Crippen LogP contribution is 2.33. The molecule has 0 saturated heterocycles. The minimum Gasteiger partial charge on any atom is -0.506 e. The van der Waals surface area contributed by atoms with Crippen LogP contribution in [0.1, 0.15) is 11.1 Å². The van der Waals surface area contributed by atoms with Crippen molar-refractivity contribution in [1.29, 1.82) is 0 Å². The predicted octanol–water partition coefficient (Wildman–Crippen LogP) is 4.17. The lowest BCUT2D eigenvalue weighted by Crippen LogP contribution is -2.09. The number of fused-ring (bicyclic) bond motifs is 1. The number of benzene rings is 2. The Bertz CT molecular complexity index is 892. The second kappa shape index (κ2) is 4.93. The summed E-state index contributed by atoms with van der Waals surface area (Å²) < 4.78 is 0. The molecule has 2 aromatic carbocycles. The molecule has 3 nitrogen and oxygen atoms in total. The molecule has 4 heteroatoms. The van der Waals surface area contributed by atoms with Crippen LogP contribution < -0.4 is 5.56 Å². The molecule has 106 valence electrons. The van der Waals surface area contributed by atoms with Gasteiger partial charge in [-0.15, -0.1) is 0 Å². The summed E-state index contributed by atoms with van der Waals surface area (Å²) >= 11 is 5.92. The van der Waals surface area contributed by atoms with E-state index in [1.807, 2.05) is 32.0 Å². The number of aryl methyl sites for hydroxylation is 2. The van der Waals surface area contributed by atoms with E-state index in [0.29, 0.717) is 21.5 Å². The second-order valence-electron chi connectivity index (χ2n) is 5.24. The number of hydrogen-bond donors (Lipinski definition) is 2. The van der Waals surface area contributed by atoms with Crippen LogP contribution in [0.15, 0.2) is 41.2 Å². The molecule has 0 aliphatic heterocycles. The fraction of sp³-hybridized carbons (Fsp3) is 0.118. The van der Waals surface area contributed by atoms with Gasteiger partial charge in [-0.2, -0.15) is 0 Å². The van der Waals surface area contributed by atoms with Gasteiger partial charge in [-0.25, -0.2) is 0 Å². The molecule has 21 heavy (non-hydrogen) atoms. The third-order valence-electron chi connectivity index (χ3n) is 3.46. The molecule has 0 aliphatic carbocycles. The summed E-state index contributed by atoms with van der Waals surface area (Å²) in [5, 5.41) is 11.6. The number of nitrogens with one attached hydrogen (secondary N) is 1. The lowest BCUT2D eigenvalue weighted by atomic mass is 9.99. The van der Waals surface area contributed by atoms with Gasteiger partial charge in [0.1, 0.15) is 5.75 Å². The van der Waals surface area contributed by atoms with Crippen LogP contribution in [0, 0.1) is 13.8 Å². The van der Waals surface area contributed by atoms with E-state index in [1.165, 1.54) is 0 Å². The maximum Gasteiger partial charge on any atom is 0.260 e. The SMILES string of the molecule is Cc1cc(C)cc(-c2c(O)c3ccc(Cl)cc3[nH]c2=O)c1. The monoisotopic (exact) mass is 299 g/mol. The first kappa shape index (κ1) is 13.7. The zero-order chi connectivity index (χ0) is 15.1. The van der Waals surface area contributed by atoms with Crippen molar-refractivity contribution in [1.82, 2.24) is 4.98 Å². The number of halogens is 1. The zero-order valence-corrected chi connectivity index (χ0v) is 12.5. The van der Waals surface area contributed by atoms with Crippen LogP contribution in [-0.4, -0.2) is 10.1 Å². The fourth-order valence-electron chi connectivity index (χ4n) is 2.64. The van der Waals surface area contributed by atoms with Gasteiger partial charge in [0.25, 0.3) is 5.56 Å². The molecule has 3 rings (SSSR count). The first-order valence-electron chi connectivity index (χ1n) is 6.59. The van der Waals surface area contributed by atoms with E-state index < -0.39 is 0 Å². The van der Waals surface area contributed by atoms with Gasteiger partial charge in [0, 0.05) is 10.4 Å². The number of rotatable bonds is 1. The average Bonchev–Trinajstić information content (AvgIpc) is 2.36. The third-order valence-corrected chi connectivity index (χ3v) is 3.69. The molecule has 0 radical (unpaired) electrons. The van der Waals surface area contributed by atoms with Gasteiger partial charge in [0.05, 0.1) is 11.1 Å². The van der Waals surface area contributed by atoms with Crippen molar-refractivity contribution in [3.05, 3.63) is 62.9 Å². The highest BCUT2D eigenvalue weighted by Gasteiger charge is 2.14. The van der Waals surface area contributed by atoms with E-state index in [4.69, 9.17) is 11.6 Å². The van der Waals surface area contributed by atoms with Gasteiger partial charge in [-0.05, 0) is 37.6 Å². The number of aromatic nitrogens is 1. The Morgan fingerprint density at radius 3 is 2.38 bits per heavy atom. The molecule has 0 amide bonds. The summed E-state index contributed by atoms with van der Waals surface area (Å²) in [5.41, 5.74) is 3.28. The Kier molecular flexibility index (Phi) is 3.22. The maximum absolute atomic E-state index is 12.3. The van der Waals surface area contributed by atoms with Crippen molar-refractivity contribution in [2.75, 3.05) is 0 Å². The van der Waals surface area contributed by atoms with Crippen molar-refractivity contribution in [3.8, 4) is 16.9 Å². The topological polar surface area (TPSA) is 53.1 Å². The Hall–Kier alpha value is -2.26. The standard InChI is InChI=1S/C17H14ClNO2/c1-9-5-10(2)7-11(6-9)15-16(20)13-4-3-12(18)8-14(13)19-17(15)21/h3-8H,1-2H3,(H2,19,20,21). The summed E-state index contributed by atoms with van der Waals surface area (Å²) in [4.78, 5) is 15.1. The van der Waals surface area contributed by atoms with Gasteiger partial charge in [0.15, 0.2) is 0 Å². The minimum atomic E-state index is -0.327. The van der Waals surface area contributed by atoms with Crippen LogP contribution >= 0.6 is 11.6 Å². The molecule has 0 bridgehead atoms. The zero-order valence-electron chi connectivity index (χ0n) is 11.7. The molecule has 2 N–H and O–H groups in total. The van der Waals surface area contributed by atoms with E-state index in [-0.39, 0.29) is 16.9 Å². The van der Waals surface area contributed by atoms with Crippen molar-refractivity contribution in [3.63, 3.8) is 0 Å². The smallest absolute Gasteiger partial charge is 0.260 e. The molecule has 0 saturated carbocycles. The quantitative estimate of drug-likeness (QED) is 0.708. The van der Waals surface area contributed by atoms with Crippen LogP contribution in [0.4, 0.5) is 0 Å². The van der Waals surface area contributed by atoms with Crippen molar-refractivity contribution >= 4 is 22.5 Å². The van der Waals surface area contributed by atoms with Crippen LogP contribution in [0.5, 0.6) is 5.75 Å². The van der Waals surface area contributed by atoms with Gasteiger partial charge < -0.3 is 10.1 Å². The van der Waals surface area contributed by atoms with Crippen LogP contribution in [0.2, 0.25) is 5.02 Å². The summed E-state index contributed by atoms with van der Waals surface area (Å²) in [7, 11) is 0. The van der Waals surface area contributed by atoms with Crippen molar-refractivity contribution < 1.29 is 5.11 Å². The van der Waals surface area contributed by atoms with Crippen molar-refractivity contribution in [2.24, 2.45) is 0 Å². The number of aromatic hydroxyl groups is 1. The molecule has 0 spiro atoms. The number of pyridine rings is 1. The van der Waals surface area contributed by atoms with Crippen LogP contribution in [0.25, 0.3) is 22.0 Å². The Balaban J connectivity index is 2.37. The van der Waals surface area contributed by atoms with E-state index in [2.05, 4.69) is 4.98 Å². The summed E-state index contributed by atoms with van der Waals surface area (Å²) in [6.07, 6.45) is 0. The van der Waals surface area contributed by atoms with E-state index >= 15 is 0 Å². The first-order chi connectivity index (χ1) is 9.95. The number of aromatic amines is 1. The van der Waals surface area contributed by atoms with Gasteiger partial charge in [-0.1, -0.05) is 40.9 Å². The normalized spacial score (nSPS) is 11.0. The number of hydrogen-bond acceptors (Lipinski definition) is 2. The highest BCUT2D eigenvalue weighted by atomic mass is 35.5. The molecule has 3 aromatic rings. The molecule has 0 fully saturated rings. The molecule has 0 unspecified atom stereocenters. The molecule has 0 aliphatic rings. The van der Waals surface area contributed by atoms with Gasteiger partial charge >= 0.3 is 0 Å². The molecule has 1 aromatic heterocycles.